The molecule has 0 aromatic heterocycles. The zero-order valence-electron chi connectivity index (χ0n) is 7.13. The Morgan fingerprint density at radius 2 is 1.77 bits per heavy atom. The summed E-state index contributed by atoms with van der Waals surface area (Å²) in [4.78, 5) is 0. The molecule has 0 bridgehead atoms. The second kappa shape index (κ2) is 2.10. The van der Waals surface area contributed by atoms with Crippen molar-refractivity contribution in [3.05, 3.63) is 16.7 Å². The van der Waals surface area contributed by atoms with Gasteiger partial charge in [-0.1, -0.05) is 0 Å². The van der Waals surface area contributed by atoms with Crippen molar-refractivity contribution in [2.75, 3.05) is 6.61 Å². The van der Waals surface area contributed by atoms with Crippen LogP contribution in [0.2, 0.25) is 0 Å². The van der Waals surface area contributed by atoms with Crippen molar-refractivity contribution in [1.29, 1.82) is 0 Å². The van der Waals surface area contributed by atoms with Gasteiger partial charge in [0.15, 0.2) is 11.5 Å². The minimum absolute atomic E-state index is 0.252. The number of benzene rings is 1. The molecule has 0 atom stereocenters. The number of fused-ring (bicyclic) bond motifs is 2. The molecule has 0 radical (unpaired) electrons. The summed E-state index contributed by atoms with van der Waals surface area (Å²) in [5.41, 5.74) is 2.56. The van der Waals surface area contributed by atoms with Crippen molar-refractivity contribution in [3.8, 4) is 17.2 Å². The minimum atomic E-state index is 0.252. The highest BCUT2D eigenvalue weighted by atomic mass is 16.5. The summed E-state index contributed by atoms with van der Waals surface area (Å²) in [6.07, 6.45) is 2.44. The maximum absolute atomic E-state index is 9.73. The summed E-state index contributed by atoms with van der Waals surface area (Å²) in [5, 5.41) is 19.4. The molecule has 68 valence electrons. The summed E-state index contributed by atoms with van der Waals surface area (Å²) < 4.78 is 5.34. The maximum Gasteiger partial charge on any atom is 0.168 e. The first-order valence-electron chi connectivity index (χ1n) is 4.50. The molecule has 2 aliphatic rings. The third-order valence-electron chi connectivity index (χ3n) is 2.76. The molecule has 1 aliphatic carbocycles. The molecule has 3 nitrogen and oxygen atoms in total. The van der Waals surface area contributed by atoms with Crippen LogP contribution in [0.4, 0.5) is 0 Å². The predicted molar refractivity (Wildman–Crippen MR) is 46.4 cm³/mol. The van der Waals surface area contributed by atoms with Gasteiger partial charge in [0.25, 0.3) is 0 Å². The number of ether oxygens (including phenoxy) is 1. The van der Waals surface area contributed by atoms with E-state index < -0.39 is 0 Å². The van der Waals surface area contributed by atoms with E-state index in [1.165, 1.54) is 0 Å². The third kappa shape index (κ3) is 0.789. The quantitative estimate of drug-likeness (QED) is 0.598. The van der Waals surface area contributed by atoms with Crippen LogP contribution in [-0.2, 0) is 12.8 Å². The largest absolute Gasteiger partial charge is 0.507 e. The number of rotatable bonds is 0. The summed E-state index contributed by atoms with van der Waals surface area (Å²) in [5.74, 6) is 1.12. The Morgan fingerprint density at radius 1 is 1.00 bits per heavy atom. The predicted octanol–water partition coefficient (Wildman–Crippen LogP) is 1.33. The summed E-state index contributed by atoms with van der Waals surface area (Å²) >= 11 is 0. The van der Waals surface area contributed by atoms with Crippen molar-refractivity contribution in [2.24, 2.45) is 0 Å². The molecule has 0 saturated heterocycles. The van der Waals surface area contributed by atoms with E-state index in [4.69, 9.17) is 4.74 Å². The zero-order chi connectivity index (χ0) is 9.00. The fourth-order valence-electron chi connectivity index (χ4n) is 1.97. The molecule has 0 fully saturated rings. The van der Waals surface area contributed by atoms with E-state index in [0.29, 0.717) is 24.5 Å². The number of phenols is 2. The van der Waals surface area contributed by atoms with Gasteiger partial charge in [0, 0.05) is 23.1 Å². The first-order chi connectivity index (χ1) is 6.29. The van der Waals surface area contributed by atoms with Gasteiger partial charge in [-0.3, -0.25) is 0 Å². The zero-order valence-corrected chi connectivity index (χ0v) is 7.13. The Bertz CT molecular complexity index is 359. The van der Waals surface area contributed by atoms with Gasteiger partial charge in [-0.2, -0.15) is 0 Å². The lowest BCUT2D eigenvalue weighted by molar-refractivity contribution is 0.269. The molecule has 3 heteroatoms. The number of aromatic hydroxyl groups is 2. The lowest BCUT2D eigenvalue weighted by Crippen LogP contribution is -2.08. The monoisotopic (exact) mass is 178 g/mol. The molecule has 0 unspecified atom stereocenters. The van der Waals surface area contributed by atoms with Crippen LogP contribution >= 0.6 is 0 Å². The van der Waals surface area contributed by atoms with Gasteiger partial charge in [-0.05, 0) is 12.8 Å². The molecule has 2 N–H and O–H groups in total. The van der Waals surface area contributed by atoms with E-state index in [1.807, 2.05) is 0 Å². The lowest BCUT2D eigenvalue weighted by atomic mass is 10.0. The molecule has 0 amide bonds. The van der Waals surface area contributed by atoms with E-state index in [-0.39, 0.29) is 5.75 Å². The van der Waals surface area contributed by atoms with Gasteiger partial charge in [-0.15, -0.1) is 0 Å². The fourth-order valence-corrected chi connectivity index (χ4v) is 1.97. The topological polar surface area (TPSA) is 49.7 Å². The van der Waals surface area contributed by atoms with Crippen molar-refractivity contribution >= 4 is 0 Å². The van der Waals surface area contributed by atoms with Gasteiger partial charge < -0.3 is 14.9 Å². The molecule has 0 saturated carbocycles. The molecule has 1 aromatic carbocycles. The van der Waals surface area contributed by atoms with E-state index in [2.05, 4.69) is 0 Å². The minimum Gasteiger partial charge on any atom is -0.507 e. The van der Waals surface area contributed by atoms with Crippen LogP contribution in [0.3, 0.4) is 0 Å². The molecule has 1 aliphatic heterocycles. The Hall–Kier alpha value is -1.38. The summed E-state index contributed by atoms with van der Waals surface area (Å²) in [6, 6.07) is 0. The second-order valence-corrected chi connectivity index (χ2v) is 3.59. The highest BCUT2D eigenvalue weighted by molar-refractivity contribution is 5.70. The molecule has 13 heavy (non-hydrogen) atoms. The Kier molecular flexibility index (Phi) is 1.14. The first kappa shape index (κ1) is 7.06. The van der Waals surface area contributed by atoms with E-state index in [1.54, 1.807) is 0 Å². The van der Waals surface area contributed by atoms with E-state index in [9.17, 15) is 10.2 Å². The van der Waals surface area contributed by atoms with Crippen LogP contribution in [0, 0.1) is 0 Å². The van der Waals surface area contributed by atoms with Crippen LogP contribution in [0.25, 0.3) is 0 Å². The second-order valence-electron chi connectivity index (χ2n) is 3.59. The van der Waals surface area contributed by atoms with Gasteiger partial charge in [-0.25, -0.2) is 0 Å². The highest BCUT2D eigenvalue weighted by Gasteiger charge is 2.33. The van der Waals surface area contributed by atoms with Gasteiger partial charge in [0.1, 0.15) is 5.75 Å². The summed E-state index contributed by atoms with van der Waals surface area (Å²) in [6.45, 7) is 0.638. The molecule has 3 rings (SSSR count). The van der Waals surface area contributed by atoms with Gasteiger partial charge in [0.05, 0.1) is 6.61 Å². The molecular formula is C10H10O3. The first-order valence-corrected chi connectivity index (χ1v) is 4.50. The maximum atomic E-state index is 9.73. The van der Waals surface area contributed by atoms with E-state index >= 15 is 0 Å². The van der Waals surface area contributed by atoms with Crippen LogP contribution in [0.15, 0.2) is 0 Å². The summed E-state index contributed by atoms with van der Waals surface area (Å²) in [7, 11) is 0. The van der Waals surface area contributed by atoms with Crippen LogP contribution in [0.5, 0.6) is 17.2 Å². The molecule has 1 heterocycles. The fraction of sp³-hybridized carbons (Fsp3) is 0.400. The van der Waals surface area contributed by atoms with E-state index in [0.717, 1.165) is 29.5 Å². The van der Waals surface area contributed by atoms with Crippen LogP contribution < -0.4 is 4.74 Å². The van der Waals surface area contributed by atoms with Crippen molar-refractivity contribution in [2.45, 2.75) is 19.3 Å². The van der Waals surface area contributed by atoms with Crippen molar-refractivity contribution < 1.29 is 14.9 Å². The van der Waals surface area contributed by atoms with Gasteiger partial charge >= 0.3 is 0 Å². The van der Waals surface area contributed by atoms with Crippen LogP contribution in [0.1, 0.15) is 23.1 Å². The number of hydrogen-bond acceptors (Lipinski definition) is 3. The highest BCUT2D eigenvalue weighted by Crippen LogP contribution is 2.52. The Morgan fingerprint density at radius 3 is 2.62 bits per heavy atom. The standard InChI is InChI=1S/C10H10O3/c11-8-5-2-1-3-13-10(5)9(12)7-4-6(7)8/h11-12H,1-4H2. The number of phenolic OH excluding ortho intramolecular Hbond substituents is 2. The average Bonchev–Trinajstić information content (AvgIpc) is 2.94. The lowest BCUT2D eigenvalue weighted by Gasteiger charge is -2.18. The molecule has 0 spiro atoms. The Labute approximate surface area is 75.6 Å². The molecule has 1 aromatic rings. The number of hydrogen-bond donors (Lipinski definition) is 2. The van der Waals surface area contributed by atoms with Crippen molar-refractivity contribution in [3.63, 3.8) is 0 Å². The third-order valence-corrected chi connectivity index (χ3v) is 2.76. The molecular weight excluding hydrogens is 168 g/mol. The van der Waals surface area contributed by atoms with Gasteiger partial charge in [0.2, 0.25) is 0 Å². The normalized spacial score (nSPS) is 17.2. The SMILES string of the molecule is Oc1c2c(c(O)c3c1CCCO3)C2. The Balaban J connectivity index is 2.28. The van der Waals surface area contributed by atoms with Crippen molar-refractivity contribution in [1.82, 2.24) is 0 Å². The van der Waals surface area contributed by atoms with Crippen LogP contribution in [-0.4, -0.2) is 16.8 Å². The average molecular weight is 178 g/mol. The smallest absolute Gasteiger partial charge is 0.168 e.